The number of amides is 2. The lowest BCUT2D eigenvalue weighted by Gasteiger charge is -2.36. The second-order valence-corrected chi connectivity index (χ2v) is 9.07. The second kappa shape index (κ2) is 10.3. The summed E-state index contributed by atoms with van der Waals surface area (Å²) < 4.78 is 13.8. The Morgan fingerprint density at radius 2 is 1.79 bits per heavy atom. The number of hydrogen-bond acceptors (Lipinski definition) is 5. The van der Waals surface area contributed by atoms with Gasteiger partial charge in [-0.1, -0.05) is 29.8 Å². The number of hydrogen-bond donors (Lipinski definition) is 2. The third kappa shape index (κ3) is 5.50. The first-order valence-corrected chi connectivity index (χ1v) is 11.8. The van der Waals surface area contributed by atoms with E-state index in [2.05, 4.69) is 15.5 Å². The van der Waals surface area contributed by atoms with Crippen LogP contribution in [0.15, 0.2) is 60.0 Å². The lowest BCUT2D eigenvalue weighted by atomic mass is 10.2. The first-order valence-electron chi connectivity index (χ1n) is 10.2. The van der Waals surface area contributed by atoms with Crippen molar-refractivity contribution in [2.24, 2.45) is 0 Å². The van der Waals surface area contributed by atoms with E-state index in [-0.39, 0.29) is 16.6 Å². The zero-order valence-corrected chi connectivity index (χ0v) is 19.8. The Hall–Kier alpha value is -3.01. The van der Waals surface area contributed by atoms with Gasteiger partial charge < -0.3 is 15.1 Å². The highest BCUT2D eigenvalue weighted by molar-refractivity contribution is 7.80. The Morgan fingerprint density at radius 3 is 2.45 bits per heavy atom. The largest absolute Gasteiger partial charge is 0.367 e. The summed E-state index contributed by atoms with van der Waals surface area (Å²) in [6, 6.07) is 14.8. The number of thiocarbonyl (C=S) groups is 1. The van der Waals surface area contributed by atoms with Crippen LogP contribution in [0.2, 0.25) is 5.02 Å². The van der Waals surface area contributed by atoms with Gasteiger partial charge in [-0.15, -0.1) is 11.3 Å². The van der Waals surface area contributed by atoms with Crippen molar-refractivity contribution < 1.29 is 14.0 Å². The van der Waals surface area contributed by atoms with E-state index in [1.807, 2.05) is 28.5 Å². The number of piperazine rings is 1. The van der Waals surface area contributed by atoms with Gasteiger partial charge in [-0.25, -0.2) is 4.39 Å². The summed E-state index contributed by atoms with van der Waals surface area (Å²) in [5.41, 5.74) is 1.35. The first kappa shape index (κ1) is 23.2. The van der Waals surface area contributed by atoms with Gasteiger partial charge in [-0.3, -0.25) is 14.9 Å². The fourth-order valence-corrected chi connectivity index (χ4v) is 4.73. The SMILES string of the molecule is O=C(NC(=S)Nc1ccc(N2CCN(C(=O)c3cccs3)CC2)c(Cl)c1)c1ccccc1F. The molecule has 1 fully saturated rings. The van der Waals surface area contributed by atoms with Gasteiger partial charge in [0.2, 0.25) is 0 Å². The van der Waals surface area contributed by atoms with Crippen LogP contribution in [0, 0.1) is 5.82 Å². The molecule has 170 valence electrons. The lowest BCUT2D eigenvalue weighted by Crippen LogP contribution is -2.48. The van der Waals surface area contributed by atoms with Crippen molar-refractivity contribution in [3.05, 3.63) is 81.3 Å². The molecular weight excluding hydrogens is 483 g/mol. The number of anilines is 2. The third-order valence-electron chi connectivity index (χ3n) is 5.19. The van der Waals surface area contributed by atoms with Crippen LogP contribution in [0.4, 0.5) is 15.8 Å². The van der Waals surface area contributed by atoms with Gasteiger partial charge in [0, 0.05) is 31.9 Å². The number of nitrogens with one attached hydrogen (secondary N) is 2. The van der Waals surface area contributed by atoms with Crippen LogP contribution in [-0.4, -0.2) is 48.0 Å². The van der Waals surface area contributed by atoms with E-state index >= 15 is 0 Å². The molecule has 0 aliphatic carbocycles. The molecular formula is C23H20ClFN4O2S2. The summed E-state index contributed by atoms with van der Waals surface area (Å²) in [5.74, 6) is -1.20. The minimum Gasteiger partial charge on any atom is -0.367 e. The van der Waals surface area contributed by atoms with Gasteiger partial charge in [-0.05, 0) is 54.0 Å². The van der Waals surface area contributed by atoms with E-state index in [1.54, 1.807) is 18.2 Å². The highest BCUT2D eigenvalue weighted by Crippen LogP contribution is 2.30. The molecule has 6 nitrogen and oxygen atoms in total. The van der Waals surface area contributed by atoms with Gasteiger partial charge in [0.1, 0.15) is 5.82 Å². The minimum atomic E-state index is -0.636. The monoisotopic (exact) mass is 502 g/mol. The molecule has 0 bridgehead atoms. The summed E-state index contributed by atoms with van der Waals surface area (Å²) in [6.07, 6.45) is 0. The zero-order chi connectivity index (χ0) is 23.4. The average molecular weight is 503 g/mol. The molecule has 0 radical (unpaired) electrons. The predicted molar refractivity (Wildman–Crippen MR) is 134 cm³/mol. The lowest BCUT2D eigenvalue weighted by molar-refractivity contribution is 0.0751. The Balaban J connectivity index is 1.33. The topological polar surface area (TPSA) is 64.7 Å². The maximum absolute atomic E-state index is 13.8. The molecule has 2 aromatic carbocycles. The summed E-state index contributed by atoms with van der Waals surface area (Å²) in [4.78, 5) is 29.5. The molecule has 2 N–H and O–H groups in total. The molecule has 4 rings (SSSR count). The van der Waals surface area contributed by atoms with E-state index in [0.29, 0.717) is 36.9 Å². The Morgan fingerprint density at radius 1 is 1.03 bits per heavy atom. The summed E-state index contributed by atoms with van der Waals surface area (Å²) in [7, 11) is 0. The molecule has 0 spiro atoms. The van der Waals surface area contributed by atoms with Crippen LogP contribution >= 0.6 is 35.2 Å². The van der Waals surface area contributed by atoms with Crippen LogP contribution in [0.1, 0.15) is 20.0 Å². The minimum absolute atomic E-state index is 0.0350. The van der Waals surface area contributed by atoms with Gasteiger partial charge in [-0.2, -0.15) is 0 Å². The van der Waals surface area contributed by atoms with Crippen LogP contribution in [0.3, 0.4) is 0 Å². The molecule has 2 amide bonds. The fraction of sp³-hybridized carbons (Fsp3) is 0.174. The second-order valence-electron chi connectivity index (χ2n) is 7.31. The van der Waals surface area contributed by atoms with E-state index in [4.69, 9.17) is 23.8 Å². The zero-order valence-electron chi connectivity index (χ0n) is 17.4. The molecule has 10 heteroatoms. The van der Waals surface area contributed by atoms with Crippen molar-refractivity contribution in [3.8, 4) is 0 Å². The van der Waals surface area contributed by atoms with Crippen LogP contribution < -0.4 is 15.5 Å². The van der Waals surface area contributed by atoms with Crippen molar-refractivity contribution in [2.75, 3.05) is 36.4 Å². The van der Waals surface area contributed by atoms with Crippen molar-refractivity contribution in [1.29, 1.82) is 0 Å². The van der Waals surface area contributed by atoms with E-state index in [0.717, 1.165) is 10.6 Å². The standard InChI is InChI=1S/C23H20ClFN4O2S2/c24-17-14-15(26-23(32)27-21(30)16-4-1-2-5-18(16)25)7-8-19(17)28-9-11-29(12-10-28)22(31)20-6-3-13-33-20/h1-8,13-14H,9-12H2,(H2,26,27,30,32). The van der Waals surface area contributed by atoms with Crippen molar-refractivity contribution in [1.82, 2.24) is 10.2 Å². The normalized spacial score (nSPS) is 13.5. The number of rotatable bonds is 4. The van der Waals surface area contributed by atoms with Crippen molar-refractivity contribution >= 4 is 63.5 Å². The van der Waals surface area contributed by atoms with Crippen LogP contribution in [-0.2, 0) is 0 Å². The molecule has 0 unspecified atom stereocenters. The Labute approximate surface area is 205 Å². The Bertz CT molecular complexity index is 1180. The molecule has 33 heavy (non-hydrogen) atoms. The number of halogens is 2. The molecule has 2 heterocycles. The van der Waals surface area contributed by atoms with Gasteiger partial charge >= 0.3 is 0 Å². The third-order valence-corrected chi connectivity index (χ3v) is 6.56. The summed E-state index contributed by atoms with van der Waals surface area (Å²) in [6.45, 7) is 2.56. The summed E-state index contributed by atoms with van der Waals surface area (Å²) >= 11 is 13.1. The van der Waals surface area contributed by atoms with Gasteiger partial charge in [0.05, 0.1) is 21.2 Å². The highest BCUT2D eigenvalue weighted by Gasteiger charge is 2.24. The molecule has 1 aliphatic heterocycles. The van der Waals surface area contributed by atoms with E-state index < -0.39 is 11.7 Å². The maximum atomic E-state index is 13.8. The quantitative estimate of drug-likeness (QED) is 0.509. The summed E-state index contributed by atoms with van der Waals surface area (Å²) in [5, 5.41) is 7.80. The highest BCUT2D eigenvalue weighted by atomic mass is 35.5. The first-order chi connectivity index (χ1) is 15.9. The molecule has 0 atom stereocenters. The maximum Gasteiger partial charge on any atom is 0.264 e. The molecule has 1 aliphatic rings. The molecule has 0 saturated carbocycles. The van der Waals surface area contributed by atoms with Crippen molar-refractivity contribution in [3.63, 3.8) is 0 Å². The van der Waals surface area contributed by atoms with E-state index in [9.17, 15) is 14.0 Å². The number of thiophene rings is 1. The fourth-order valence-electron chi connectivity index (χ4n) is 3.53. The number of carbonyl (C=O) groups excluding carboxylic acids is 2. The number of carbonyl (C=O) groups is 2. The van der Waals surface area contributed by atoms with Crippen LogP contribution in [0.25, 0.3) is 0 Å². The number of benzene rings is 2. The molecule has 3 aromatic rings. The number of nitrogens with zero attached hydrogens (tertiary/aromatic N) is 2. The van der Waals surface area contributed by atoms with E-state index in [1.165, 1.54) is 29.5 Å². The molecule has 1 saturated heterocycles. The average Bonchev–Trinajstić information content (AvgIpc) is 3.34. The molecule has 1 aromatic heterocycles. The predicted octanol–water partition coefficient (Wildman–Crippen LogP) is 4.63. The smallest absolute Gasteiger partial charge is 0.264 e. The van der Waals surface area contributed by atoms with Crippen LogP contribution in [0.5, 0.6) is 0 Å². The van der Waals surface area contributed by atoms with Gasteiger partial charge in [0.25, 0.3) is 11.8 Å². The Kier molecular flexibility index (Phi) is 7.22. The van der Waals surface area contributed by atoms with Crippen molar-refractivity contribution in [2.45, 2.75) is 0 Å². The van der Waals surface area contributed by atoms with Gasteiger partial charge in [0.15, 0.2) is 5.11 Å².